The van der Waals surface area contributed by atoms with Crippen molar-refractivity contribution in [3.8, 4) is 0 Å². The van der Waals surface area contributed by atoms with Crippen LogP contribution in [0.15, 0.2) is 47.6 Å². The van der Waals surface area contributed by atoms with Gasteiger partial charge in [-0.3, -0.25) is 0 Å². The van der Waals surface area contributed by atoms with Crippen LogP contribution in [-0.2, 0) is 13.1 Å². The summed E-state index contributed by atoms with van der Waals surface area (Å²) in [7, 11) is 0. The summed E-state index contributed by atoms with van der Waals surface area (Å²) >= 11 is 0. The second-order valence-corrected chi connectivity index (χ2v) is 4.49. The Labute approximate surface area is 120 Å². The molecule has 21 heavy (non-hydrogen) atoms. The van der Waals surface area contributed by atoms with E-state index in [2.05, 4.69) is 10.5 Å². The van der Waals surface area contributed by atoms with Crippen molar-refractivity contribution < 1.29 is 14.0 Å². The largest absolute Gasteiger partial charge is 0.409 e. The molecule has 0 spiro atoms. The van der Waals surface area contributed by atoms with Gasteiger partial charge in [0, 0.05) is 29.8 Å². The molecule has 0 bridgehead atoms. The first-order valence-corrected chi connectivity index (χ1v) is 6.32. The Balaban J connectivity index is 1.99. The first-order valence-electron chi connectivity index (χ1n) is 6.32. The Morgan fingerprint density at radius 1 is 1.05 bits per heavy atom. The second-order valence-electron chi connectivity index (χ2n) is 4.49. The lowest BCUT2D eigenvalue weighted by molar-refractivity contribution is 0.318. The molecule has 4 N–H and O–H groups in total. The molecule has 0 radical (unpaired) electrons. The van der Waals surface area contributed by atoms with Crippen LogP contribution in [0, 0.1) is 11.6 Å². The molecule has 0 amide bonds. The zero-order valence-electron chi connectivity index (χ0n) is 11.2. The van der Waals surface area contributed by atoms with Gasteiger partial charge in [0.25, 0.3) is 0 Å². The van der Waals surface area contributed by atoms with E-state index >= 15 is 0 Å². The van der Waals surface area contributed by atoms with Crippen LogP contribution in [0.5, 0.6) is 0 Å². The van der Waals surface area contributed by atoms with E-state index in [1.807, 2.05) is 0 Å². The van der Waals surface area contributed by atoms with Gasteiger partial charge in [0.2, 0.25) is 0 Å². The SMILES string of the molecule is NC(=NO)c1ccc(CNCc2ccccc2F)c(F)c1. The second kappa shape index (κ2) is 6.81. The molecule has 0 fully saturated rings. The summed E-state index contributed by atoms with van der Waals surface area (Å²) in [4.78, 5) is 0. The quantitative estimate of drug-likeness (QED) is 0.343. The third-order valence-electron chi connectivity index (χ3n) is 3.05. The number of hydrogen-bond donors (Lipinski definition) is 3. The number of nitrogens with two attached hydrogens (primary N) is 1. The van der Waals surface area contributed by atoms with Gasteiger partial charge in [-0.1, -0.05) is 35.5 Å². The number of nitrogens with zero attached hydrogens (tertiary/aromatic N) is 1. The molecule has 0 aliphatic rings. The number of benzene rings is 2. The number of amidine groups is 1. The van der Waals surface area contributed by atoms with Crippen molar-refractivity contribution in [2.75, 3.05) is 0 Å². The first-order chi connectivity index (χ1) is 10.1. The maximum Gasteiger partial charge on any atom is 0.170 e. The number of hydrogen-bond acceptors (Lipinski definition) is 3. The van der Waals surface area contributed by atoms with Gasteiger partial charge in [-0.25, -0.2) is 8.78 Å². The Kier molecular flexibility index (Phi) is 4.84. The third-order valence-corrected chi connectivity index (χ3v) is 3.05. The van der Waals surface area contributed by atoms with Crippen LogP contribution in [0.1, 0.15) is 16.7 Å². The van der Waals surface area contributed by atoms with Crippen LogP contribution in [0.4, 0.5) is 8.78 Å². The highest BCUT2D eigenvalue weighted by Crippen LogP contribution is 2.11. The maximum atomic E-state index is 13.8. The molecule has 6 heteroatoms. The molecule has 0 saturated heterocycles. The Morgan fingerprint density at radius 2 is 1.71 bits per heavy atom. The Bertz CT molecular complexity index is 659. The van der Waals surface area contributed by atoms with Gasteiger partial charge in [-0.15, -0.1) is 0 Å². The van der Waals surface area contributed by atoms with Gasteiger partial charge in [0.15, 0.2) is 5.84 Å². The summed E-state index contributed by atoms with van der Waals surface area (Å²) < 4.78 is 27.3. The van der Waals surface area contributed by atoms with Crippen LogP contribution in [0.25, 0.3) is 0 Å². The Hall–Kier alpha value is -2.47. The van der Waals surface area contributed by atoms with Crippen LogP contribution in [0.3, 0.4) is 0 Å². The summed E-state index contributed by atoms with van der Waals surface area (Å²) in [6, 6.07) is 10.7. The van der Waals surface area contributed by atoms with E-state index in [4.69, 9.17) is 10.9 Å². The minimum Gasteiger partial charge on any atom is -0.409 e. The highest BCUT2D eigenvalue weighted by molar-refractivity contribution is 5.97. The number of nitrogens with one attached hydrogen (secondary N) is 1. The van der Waals surface area contributed by atoms with Crippen LogP contribution >= 0.6 is 0 Å². The van der Waals surface area contributed by atoms with Gasteiger partial charge in [-0.05, 0) is 12.1 Å². The van der Waals surface area contributed by atoms with Gasteiger partial charge in [0.1, 0.15) is 11.6 Å². The normalized spacial score (nSPS) is 11.6. The molecule has 0 aliphatic heterocycles. The minimum atomic E-state index is -0.472. The third kappa shape index (κ3) is 3.76. The zero-order valence-corrected chi connectivity index (χ0v) is 11.2. The topological polar surface area (TPSA) is 70.6 Å². The van der Waals surface area contributed by atoms with Crippen molar-refractivity contribution in [3.05, 3.63) is 70.8 Å². The fourth-order valence-corrected chi connectivity index (χ4v) is 1.88. The average molecular weight is 291 g/mol. The lowest BCUT2D eigenvalue weighted by Crippen LogP contribution is -2.16. The van der Waals surface area contributed by atoms with Crippen molar-refractivity contribution in [3.63, 3.8) is 0 Å². The lowest BCUT2D eigenvalue weighted by Gasteiger charge is -2.08. The molecule has 0 heterocycles. The van der Waals surface area contributed by atoms with Gasteiger partial charge >= 0.3 is 0 Å². The molecule has 4 nitrogen and oxygen atoms in total. The Morgan fingerprint density at radius 3 is 2.33 bits per heavy atom. The summed E-state index contributed by atoms with van der Waals surface area (Å²) in [6.07, 6.45) is 0. The molecular weight excluding hydrogens is 276 g/mol. The predicted octanol–water partition coefficient (Wildman–Crippen LogP) is 2.35. The van der Waals surface area contributed by atoms with Crippen molar-refractivity contribution in [1.29, 1.82) is 0 Å². The standard InChI is InChI=1S/C15H15F2N3O/c16-13-4-2-1-3-11(13)8-19-9-12-6-5-10(7-14(12)17)15(18)20-21/h1-7,19,21H,8-9H2,(H2,18,20). The summed E-state index contributed by atoms with van der Waals surface area (Å²) in [5.74, 6) is -0.923. The predicted molar refractivity (Wildman–Crippen MR) is 75.9 cm³/mol. The smallest absolute Gasteiger partial charge is 0.170 e. The van der Waals surface area contributed by atoms with E-state index in [9.17, 15) is 8.78 Å². The maximum absolute atomic E-state index is 13.8. The van der Waals surface area contributed by atoms with Gasteiger partial charge < -0.3 is 16.3 Å². The van der Waals surface area contributed by atoms with E-state index in [-0.39, 0.29) is 18.2 Å². The highest BCUT2D eigenvalue weighted by Gasteiger charge is 2.07. The van der Waals surface area contributed by atoms with Crippen molar-refractivity contribution in [2.45, 2.75) is 13.1 Å². The molecule has 0 unspecified atom stereocenters. The summed E-state index contributed by atoms with van der Waals surface area (Å²) in [6.45, 7) is 0.546. The van der Waals surface area contributed by atoms with Crippen molar-refractivity contribution in [1.82, 2.24) is 5.32 Å². The van der Waals surface area contributed by atoms with E-state index in [1.54, 1.807) is 24.3 Å². The molecule has 2 rings (SSSR count). The highest BCUT2D eigenvalue weighted by atomic mass is 19.1. The minimum absolute atomic E-state index is 0.153. The molecule has 0 atom stereocenters. The molecule has 110 valence electrons. The zero-order chi connectivity index (χ0) is 15.2. The monoisotopic (exact) mass is 291 g/mol. The van der Waals surface area contributed by atoms with E-state index in [0.29, 0.717) is 23.2 Å². The van der Waals surface area contributed by atoms with E-state index < -0.39 is 5.82 Å². The summed E-state index contributed by atoms with van der Waals surface area (Å²) in [5, 5.41) is 14.3. The fourth-order valence-electron chi connectivity index (χ4n) is 1.88. The lowest BCUT2D eigenvalue weighted by atomic mass is 10.1. The molecule has 2 aromatic rings. The molecule has 0 aliphatic carbocycles. The van der Waals surface area contributed by atoms with Crippen LogP contribution < -0.4 is 11.1 Å². The number of halogens is 2. The van der Waals surface area contributed by atoms with Crippen molar-refractivity contribution >= 4 is 5.84 Å². The molecular formula is C15H15F2N3O. The number of oxime groups is 1. The number of rotatable bonds is 5. The van der Waals surface area contributed by atoms with E-state index in [0.717, 1.165) is 0 Å². The van der Waals surface area contributed by atoms with Crippen LogP contribution in [-0.4, -0.2) is 11.0 Å². The van der Waals surface area contributed by atoms with Crippen molar-refractivity contribution in [2.24, 2.45) is 10.9 Å². The molecule has 2 aromatic carbocycles. The molecule has 0 saturated carbocycles. The van der Waals surface area contributed by atoms with E-state index in [1.165, 1.54) is 18.2 Å². The van der Waals surface area contributed by atoms with Gasteiger partial charge in [-0.2, -0.15) is 0 Å². The average Bonchev–Trinajstić information content (AvgIpc) is 2.50. The summed E-state index contributed by atoms with van der Waals surface area (Å²) in [5.41, 5.74) is 6.62. The molecule has 0 aromatic heterocycles. The van der Waals surface area contributed by atoms with Crippen LogP contribution in [0.2, 0.25) is 0 Å². The fraction of sp³-hybridized carbons (Fsp3) is 0.133. The first kappa shape index (κ1) is 14.9. The van der Waals surface area contributed by atoms with Gasteiger partial charge in [0.05, 0.1) is 0 Å².